The Kier molecular flexibility index (Phi) is 6.54. The van der Waals surface area contributed by atoms with E-state index in [0.717, 1.165) is 12.0 Å². The number of piperidine rings is 1. The maximum absolute atomic E-state index is 13.4. The lowest BCUT2D eigenvalue weighted by molar-refractivity contribution is 0.188. The summed E-state index contributed by atoms with van der Waals surface area (Å²) in [5.41, 5.74) is 1.53. The third kappa shape index (κ3) is 4.26. The fraction of sp³-hybridized carbons (Fsp3) is 0.364. The summed E-state index contributed by atoms with van der Waals surface area (Å²) in [6.45, 7) is 1.28. The van der Waals surface area contributed by atoms with Crippen molar-refractivity contribution in [1.82, 2.24) is 19.4 Å². The van der Waals surface area contributed by atoms with Crippen LogP contribution >= 0.6 is 23.4 Å². The number of carbonyl (C=O) groups is 1. The number of hydrogen-bond donors (Lipinski definition) is 2. The summed E-state index contributed by atoms with van der Waals surface area (Å²) in [4.78, 5) is 31.2. The lowest BCUT2D eigenvalue weighted by Crippen LogP contribution is -2.48. The second kappa shape index (κ2) is 9.37. The van der Waals surface area contributed by atoms with Crippen molar-refractivity contribution in [3.63, 3.8) is 0 Å². The van der Waals surface area contributed by atoms with Crippen molar-refractivity contribution in [1.29, 1.82) is 5.26 Å². The van der Waals surface area contributed by atoms with Gasteiger partial charge < -0.3 is 19.9 Å². The predicted octanol–water partition coefficient (Wildman–Crippen LogP) is 3.27. The van der Waals surface area contributed by atoms with Crippen LogP contribution in [0.2, 0.25) is 5.02 Å². The number of nitrogens with one attached hydrogen (secondary N) is 1. The quantitative estimate of drug-likeness (QED) is 0.420. The van der Waals surface area contributed by atoms with Crippen LogP contribution in [-0.4, -0.2) is 50.7 Å². The molecule has 172 valence electrons. The monoisotopic (exact) mass is 486 g/mol. The number of nitriles is 1. The Morgan fingerprint density at radius 3 is 2.85 bits per heavy atom. The summed E-state index contributed by atoms with van der Waals surface area (Å²) in [7, 11) is 1.66. The minimum atomic E-state index is -1.08. The van der Waals surface area contributed by atoms with Gasteiger partial charge in [-0.2, -0.15) is 5.26 Å². The molecule has 0 aliphatic carbocycles. The third-order valence-electron chi connectivity index (χ3n) is 5.84. The minimum absolute atomic E-state index is 0.253. The minimum Gasteiger partial charge on any atom is -0.465 e. The first kappa shape index (κ1) is 23.0. The van der Waals surface area contributed by atoms with E-state index in [1.165, 1.54) is 16.3 Å². The van der Waals surface area contributed by atoms with Crippen molar-refractivity contribution in [2.24, 2.45) is 7.05 Å². The number of rotatable bonds is 5. The first-order chi connectivity index (χ1) is 15.8. The van der Waals surface area contributed by atoms with Crippen molar-refractivity contribution < 1.29 is 9.90 Å². The average Bonchev–Trinajstić information content (AvgIpc) is 3.10. The highest BCUT2D eigenvalue weighted by Gasteiger charge is 2.30. The van der Waals surface area contributed by atoms with Gasteiger partial charge in [0.1, 0.15) is 28.5 Å². The van der Waals surface area contributed by atoms with Gasteiger partial charge in [0.2, 0.25) is 0 Å². The zero-order valence-electron chi connectivity index (χ0n) is 18.2. The van der Waals surface area contributed by atoms with Gasteiger partial charge in [-0.25, -0.2) is 9.78 Å². The molecule has 1 amide bonds. The SMILES string of the molecule is CSc1nc2c(C#N)c(N3CCC[C@@H](NC(=O)O)C3)n(Cc3ccccc3Cl)c2c(=O)n1C. The van der Waals surface area contributed by atoms with E-state index in [9.17, 15) is 20.0 Å². The van der Waals surface area contributed by atoms with E-state index in [-0.39, 0.29) is 18.1 Å². The maximum atomic E-state index is 13.4. The van der Waals surface area contributed by atoms with Crippen molar-refractivity contribution in [2.75, 3.05) is 24.2 Å². The number of anilines is 1. The molecule has 0 spiro atoms. The predicted molar refractivity (Wildman–Crippen MR) is 128 cm³/mol. The largest absolute Gasteiger partial charge is 0.465 e. The topological polar surface area (TPSA) is 116 Å². The van der Waals surface area contributed by atoms with Crippen LogP contribution < -0.4 is 15.8 Å². The van der Waals surface area contributed by atoms with Gasteiger partial charge in [-0.05, 0) is 30.7 Å². The number of fused-ring (bicyclic) bond motifs is 1. The number of hydrogen-bond acceptors (Lipinski definition) is 6. The molecule has 0 unspecified atom stereocenters. The molecular weight excluding hydrogens is 464 g/mol. The molecule has 1 saturated heterocycles. The van der Waals surface area contributed by atoms with Crippen LogP contribution in [0.4, 0.5) is 10.6 Å². The number of halogens is 1. The molecule has 0 saturated carbocycles. The van der Waals surface area contributed by atoms with E-state index in [1.54, 1.807) is 17.7 Å². The van der Waals surface area contributed by atoms with E-state index >= 15 is 0 Å². The van der Waals surface area contributed by atoms with Gasteiger partial charge in [0.05, 0.1) is 6.54 Å². The summed E-state index contributed by atoms with van der Waals surface area (Å²) in [5, 5.41) is 22.9. The fourth-order valence-electron chi connectivity index (χ4n) is 4.36. The standard InChI is InChI=1S/C22H23ClN6O3S/c1-27-20(30)18-17(26-21(27)33-2)15(10-24)19(28-9-5-7-14(12-28)25-22(31)32)29(18)11-13-6-3-4-8-16(13)23/h3-4,6,8,14,25H,5,7,9,11-12H2,1-2H3,(H,31,32)/t14-/m1/s1. The first-order valence-corrected chi connectivity index (χ1v) is 12.0. The summed E-state index contributed by atoms with van der Waals surface area (Å²) in [6.07, 6.45) is 2.18. The van der Waals surface area contributed by atoms with E-state index in [0.29, 0.717) is 52.1 Å². The number of thioether (sulfide) groups is 1. The van der Waals surface area contributed by atoms with Gasteiger partial charge >= 0.3 is 6.09 Å². The van der Waals surface area contributed by atoms with Crippen LogP contribution in [0.3, 0.4) is 0 Å². The molecule has 11 heteroatoms. The van der Waals surface area contributed by atoms with Crippen molar-refractivity contribution in [3.8, 4) is 6.07 Å². The van der Waals surface area contributed by atoms with Crippen molar-refractivity contribution >= 4 is 46.3 Å². The number of nitrogens with zero attached hydrogens (tertiary/aromatic N) is 5. The molecule has 0 bridgehead atoms. The van der Waals surface area contributed by atoms with Crippen LogP contribution in [0.25, 0.3) is 11.0 Å². The van der Waals surface area contributed by atoms with E-state index < -0.39 is 6.09 Å². The molecule has 1 aromatic carbocycles. The Morgan fingerprint density at radius 1 is 1.42 bits per heavy atom. The first-order valence-electron chi connectivity index (χ1n) is 10.4. The van der Waals surface area contributed by atoms with E-state index in [2.05, 4.69) is 16.4 Å². The van der Waals surface area contributed by atoms with Gasteiger partial charge in [-0.3, -0.25) is 9.36 Å². The van der Waals surface area contributed by atoms with Crippen molar-refractivity contribution in [3.05, 3.63) is 50.8 Å². The molecule has 1 fully saturated rings. The highest BCUT2D eigenvalue weighted by Crippen LogP contribution is 2.34. The average molecular weight is 487 g/mol. The summed E-state index contributed by atoms with van der Waals surface area (Å²) in [6, 6.07) is 9.33. The lowest BCUT2D eigenvalue weighted by atomic mass is 10.1. The van der Waals surface area contributed by atoms with Gasteiger partial charge in [0, 0.05) is 31.2 Å². The van der Waals surface area contributed by atoms with Gasteiger partial charge in [-0.1, -0.05) is 41.6 Å². The van der Waals surface area contributed by atoms with Crippen LogP contribution in [0.1, 0.15) is 24.0 Å². The molecule has 0 radical (unpaired) electrons. The lowest BCUT2D eigenvalue weighted by Gasteiger charge is -2.35. The van der Waals surface area contributed by atoms with Crippen molar-refractivity contribution in [2.45, 2.75) is 30.6 Å². The third-order valence-corrected chi connectivity index (χ3v) is 6.94. The summed E-state index contributed by atoms with van der Waals surface area (Å²) in [5.74, 6) is 0.562. The van der Waals surface area contributed by atoms with Crippen LogP contribution in [0.5, 0.6) is 0 Å². The van der Waals surface area contributed by atoms with Crippen LogP contribution in [-0.2, 0) is 13.6 Å². The Bertz CT molecular complexity index is 1330. The molecule has 1 atom stereocenters. The Balaban J connectivity index is 1.97. The van der Waals surface area contributed by atoms with Crippen LogP contribution in [0, 0.1) is 11.3 Å². The number of amides is 1. The molecule has 2 N–H and O–H groups in total. The molecule has 2 aromatic heterocycles. The zero-order chi connectivity index (χ0) is 23.7. The highest BCUT2D eigenvalue weighted by molar-refractivity contribution is 7.98. The maximum Gasteiger partial charge on any atom is 0.404 e. The van der Waals surface area contributed by atoms with Gasteiger partial charge in [0.15, 0.2) is 5.16 Å². The Morgan fingerprint density at radius 2 is 2.18 bits per heavy atom. The number of aromatic nitrogens is 3. The molecule has 3 heterocycles. The Hall–Kier alpha value is -3.16. The molecule has 3 aromatic rings. The molecule has 1 aliphatic heterocycles. The molecule has 33 heavy (non-hydrogen) atoms. The highest BCUT2D eigenvalue weighted by atomic mass is 35.5. The normalized spacial score (nSPS) is 16.1. The van der Waals surface area contributed by atoms with E-state index in [1.807, 2.05) is 29.4 Å². The molecule has 9 nitrogen and oxygen atoms in total. The van der Waals surface area contributed by atoms with E-state index in [4.69, 9.17) is 11.6 Å². The molecular formula is C22H23ClN6O3S. The second-order valence-corrected chi connectivity index (χ2v) is 9.06. The zero-order valence-corrected chi connectivity index (χ0v) is 19.8. The van der Waals surface area contributed by atoms with Gasteiger partial charge in [0.25, 0.3) is 5.56 Å². The molecule has 1 aliphatic rings. The van der Waals surface area contributed by atoms with Gasteiger partial charge in [-0.15, -0.1) is 0 Å². The fourth-order valence-corrected chi connectivity index (χ4v) is 5.10. The number of carboxylic acid groups (broad SMARTS) is 1. The smallest absolute Gasteiger partial charge is 0.404 e. The number of benzene rings is 1. The summed E-state index contributed by atoms with van der Waals surface area (Å²) < 4.78 is 3.28. The van der Waals surface area contributed by atoms with Crippen LogP contribution in [0.15, 0.2) is 34.2 Å². The second-order valence-electron chi connectivity index (χ2n) is 7.88. The summed E-state index contributed by atoms with van der Waals surface area (Å²) >= 11 is 7.76. The Labute approximate surface area is 199 Å². The molecule has 4 rings (SSSR count).